The van der Waals surface area contributed by atoms with Gasteiger partial charge in [-0.1, -0.05) is 6.07 Å². The maximum Gasteiger partial charge on any atom is 0.418 e. The lowest BCUT2D eigenvalue weighted by Gasteiger charge is -2.34. The number of rotatable bonds is 9. The molecule has 2 aliphatic rings. The quantitative estimate of drug-likeness (QED) is 0.201. The Morgan fingerprint density at radius 2 is 1.78 bits per heavy atom. The van der Waals surface area contributed by atoms with E-state index in [2.05, 4.69) is 35.7 Å². The molecule has 0 bridgehead atoms. The number of halogens is 3. The third-order valence-electron chi connectivity index (χ3n) is 7.95. The highest BCUT2D eigenvalue weighted by Crippen LogP contribution is 2.36. The minimum Gasteiger partial charge on any atom is -0.390 e. The van der Waals surface area contributed by atoms with Crippen molar-refractivity contribution in [3.05, 3.63) is 60.8 Å². The van der Waals surface area contributed by atoms with Crippen LogP contribution in [-0.4, -0.2) is 70.8 Å². The highest BCUT2D eigenvalue weighted by molar-refractivity contribution is 7.90. The van der Waals surface area contributed by atoms with Gasteiger partial charge < -0.3 is 20.8 Å². The molecule has 4 N–H and O–H groups in total. The number of hydrogen-bond donors (Lipinski definition) is 4. The van der Waals surface area contributed by atoms with E-state index in [-0.39, 0.29) is 17.4 Å². The fraction of sp³-hybridized carbons (Fsp3) is 0.414. The van der Waals surface area contributed by atoms with Crippen LogP contribution in [0.25, 0.3) is 22.6 Å². The first-order chi connectivity index (χ1) is 21.3. The summed E-state index contributed by atoms with van der Waals surface area (Å²) >= 11 is 0. The summed E-state index contributed by atoms with van der Waals surface area (Å²) in [6, 6.07) is 5.93. The lowest BCUT2D eigenvalue weighted by atomic mass is 9.83. The Labute approximate surface area is 256 Å². The van der Waals surface area contributed by atoms with Gasteiger partial charge in [-0.15, -0.1) is 0 Å². The highest BCUT2D eigenvalue weighted by atomic mass is 32.2. The second-order valence-corrected chi connectivity index (χ2v) is 13.8. The van der Waals surface area contributed by atoms with Gasteiger partial charge in [-0.3, -0.25) is 4.98 Å². The summed E-state index contributed by atoms with van der Waals surface area (Å²) in [4.78, 5) is 17.4. The molecule has 0 aromatic carbocycles. The Morgan fingerprint density at radius 1 is 1.02 bits per heavy atom. The van der Waals surface area contributed by atoms with Crippen LogP contribution in [0.15, 0.2) is 55.2 Å². The minimum atomic E-state index is -4.82. The zero-order chi connectivity index (χ0) is 32.0. The average molecular weight is 645 g/mol. The first-order valence-electron chi connectivity index (χ1n) is 14.4. The molecular formula is C29H31F3N8O4S. The van der Waals surface area contributed by atoms with Crippen LogP contribution in [0.4, 0.5) is 30.5 Å². The zero-order valence-electron chi connectivity index (χ0n) is 24.1. The third-order valence-corrected chi connectivity index (χ3v) is 9.99. The lowest BCUT2D eigenvalue weighted by molar-refractivity contribution is -0.206. The highest BCUT2D eigenvalue weighted by Gasteiger charge is 2.40. The molecule has 0 radical (unpaired) electrons. The van der Waals surface area contributed by atoms with Crippen molar-refractivity contribution < 1.29 is 31.8 Å². The van der Waals surface area contributed by atoms with Gasteiger partial charge in [0.2, 0.25) is 0 Å². The molecule has 2 aliphatic carbocycles. The number of alkyl halides is 3. The van der Waals surface area contributed by atoms with Gasteiger partial charge in [-0.05, 0) is 57.6 Å². The van der Waals surface area contributed by atoms with E-state index in [0.29, 0.717) is 72.7 Å². The van der Waals surface area contributed by atoms with Crippen molar-refractivity contribution in [2.75, 3.05) is 10.6 Å². The van der Waals surface area contributed by atoms with Crippen molar-refractivity contribution in [3.8, 4) is 22.6 Å². The Hall–Kier alpha value is -4.15. The molecule has 1 atom stereocenters. The van der Waals surface area contributed by atoms with Crippen molar-refractivity contribution in [1.29, 1.82) is 0 Å². The van der Waals surface area contributed by atoms with E-state index in [9.17, 15) is 31.8 Å². The van der Waals surface area contributed by atoms with Gasteiger partial charge in [0.05, 0.1) is 34.5 Å². The standard InChI is InChI=1S/C29H31F3N8O4S/c1-28(42)9-6-19(7-10-28)37-23-12-25(35-15-21(23)22-5-2-17(13-34-22)26(41)29(30,31)32)38-24-8-11-33-27(39-24)18-14-36-40(16-18)45(43,44)20-3-4-20/h2,5,8,11-16,19-20,26,41-42H,3-4,6-7,9-10H2,1H3,(H2,33,35,37,38,39). The SMILES string of the molecule is CC1(O)CCC(Nc2cc(Nc3ccnc(-c4cnn(S(=O)(=O)C5CC5)c4)n3)ncc2-c2ccc(C(O)C(F)(F)F)cn2)CC1. The predicted octanol–water partition coefficient (Wildman–Crippen LogP) is 4.58. The molecule has 1 unspecified atom stereocenters. The Bertz CT molecular complexity index is 1780. The first kappa shape index (κ1) is 30.9. The van der Waals surface area contributed by atoms with E-state index in [1.807, 2.05) is 0 Å². The summed E-state index contributed by atoms with van der Waals surface area (Å²) in [7, 11) is -3.54. The number of aliphatic hydroxyl groups excluding tert-OH is 1. The van der Waals surface area contributed by atoms with E-state index in [1.165, 1.54) is 36.9 Å². The number of hydrogen-bond acceptors (Lipinski definition) is 11. The van der Waals surface area contributed by atoms with Gasteiger partial charge in [0.15, 0.2) is 11.9 Å². The number of aliphatic hydroxyl groups is 2. The molecule has 2 fully saturated rings. The molecular weight excluding hydrogens is 613 g/mol. The lowest BCUT2D eigenvalue weighted by Crippen LogP contribution is -2.35. The van der Waals surface area contributed by atoms with E-state index in [4.69, 9.17) is 0 Å². The van der Waals surface area contributed by atoms with Gasteiger partial charge >= 0.3 is 6.18 Å². The van der Waals surface area contributed by atoms with E-state index in [1.54, 1.807) is 19.1 Å². The second-order valence-electron chi connectivity index (χ2n) is 11.7. The van der Waals surface area contributed by atoms with Crippen LogP contribution in [0.1, 0.15) is 57.1 Å². The zero-order valence-corrected chi connectivity index (χ0v) is 24.9. The van der Waals surface area contributed by atoms with Crippen LogP contribution in [0, 0.1) is 0 Å². The average Bonchev–Trinajstić information content (AvgIpc) is 3.75. The number of nitrogens with zero attached hydrogens (tertiary/aromatic N) is 6. The van der Waals surface area contributed by atoms with Crippen molar-refractivity contribution in [2.24, 2.45) is 0 Å². The third kappa shape index (κ3) is 6.92. The molecule has 238 valence electrons. The number of anilines is 3. The molecule has 6 rings (SSSR count). The maximum absolute atomic E-state index is 13.0. The topological polar surface area (TPSA) is 168 Å². The van der Waals surface area contributed by atoms with Crippen molar-refractivity contribution in [2.45, 2.75) is 74.6 Å². The fourth-order valence-corrected chi connectivity index (χ4v) is 6.62. The van der Waals surface area contributed by atoms with Crippen molar-refractivity contribution in [3.63, 3.8) is 0 Å². The second kappa shape index (κ2) is 11.7. The summed E-state index contributed by atoms with van der Waals surface area (Å²) in [5, 5.41) is 30.2. The monoisotopic (exact) mass is 644 g/mol. The predicted molar refractivity (Wildman–Crippen MR) is 159 cm³/mol. The summed E-state index contributed by atoms with van der Waals surface area (Å²) in [5.74, 6) is 1.03. The summed E-state index contributed by atoms with van der Waals surface area (Å²) < 4.78 is 65.0. The molecule has 0 aliphatic heterocycles. The van der Waals surface area contributed by atoms with E-state index >= 15 is 0 Å². The largest absolute Gasteiger partial charge is 0.418 e. The van der Waals surface area contributed by atoms with E-state index < -0.39 is 33.2 Å². The van der Waals surface area contributed by atoms with Gasteiger partial charge in [-0.25, -0.2) is 23.4 Å². The van der Waals surface area contributed by atoms with Crippen LogP contribution in [-0.2, 0) is 10.0 Å². The normalized spacial score (nSPS) is 21.3. The van der Waals surface area contributed by atoms with E-state index in [0.717, 1.165) is 10.3 Å². The number of pyridine rings is 2. The van der Waals surface area contributed by atoms with Crippen LogP contribution in [0.2, 0.25) is 0 Å². The molecule has 4 aromatic rings. The molecule has 4 aromatic heterocycles. The van der Waals surface area contributed by atoms with Crippen LogP contribution >= 0.6 is 0 Å². The smallest absolute Gasteiger partial charge is 0.390 e. The first-order valence-corrected chi connectivity index (χ1v) is 15.9. The summed E-state index contributed by atoms with van der Waals surface area (Å²) in [6.07, 6.45) is 3.15. The fourth-order valence-electron chi connectivity index (χ4n) is 5.14. The molecule has 0 amide bonds. The molecule has 2 saturated carbocycles. The van der Waals surface area contributed by atoms with Crippen LogP contribution in [0.3, 0.4) is 0 Å². The maximum atomic E-state index is 13.0. The Morgan fingerprint density at radius 3 is 2.44 bits per heavy atom. The van der Waals surface area contributed by atoms with Gasteiger partial charge in [0, 0.05) is 47.5 Å². The Balaban J connectivity index is 1.26. The summed E-state index contributed by atoms with van der Waals surface area (Å²) in [5.41, 5.74) is 0.783. The van der Waals surface area contributed by atoms with Crippen molar-refractivity contribution >= 4 is 27.3 Å². The Kier molecular flexibility index (Phi) is 7.99. The number of aromatic nitrogens is 6. The van der Waals surface area contributed by atoms with Crippen LogP contribution in [0.5, 0.6) is 0 Å². The van der Waals surface area contributed by atoms with Gasteiger partial charge in [0.25, 0.3) is 10.0 Å². The number of nitrogens with one attached hydrogen (secondary N) is 2. The summed E-state index contributed by atoms with van der Waals surface area (Å²) in [6.45, 7) is 1.80. The van der Waals surface area contributed by atoms with Crippen LogP contribution < -0.4 is 10.6 Å². The molecule has 45 heavy (non-hydrogen) atoms. The minimum absolute atomic E-state index is 0.0136. The molecule has 16 heteroatoms. The molecule has 12 nitrogen and oxygen atoms in total. The molecule has 0 saturated heterocycles. The van der Waals surface area contributed by atoms with Crippen molar-refractivity contribution in [1.82, 2.24) is 29.1 Å². The molecule has 4 heterocycles. The molecule has 0 spiro atoms. The van der Waals surface area contributed by atoms with Gasteiger partial charge in [-0.2, -0.15) is 22.4 Å². The van der Waals surface area contributed by atoms with Gasteiger partial charge in [0.1, 0.15) is 11.6 Å².